The molecule has 0 fully saturated rings. The third-order valence-electron chi connectivity index (χ3n) is 2.99. The highest BCUT2D eigenvalue weighted by molar-refractivity contribution is 5.61. The second kappa shape index (κ2) is 7.85. The standard InChI is InChI=1S/C16H25NO2/c1-6-13(11-17-12(2)3)9-14-7-8-15(18-4)10-16(14)19-5/h7-10,12,17H,6,11H2,1-5H3. The molecule has 0 saturated heterocycles. The van der Waals surface area contributed by atoms with E-state index in [0.717, 1.165) is 30.0 Å². The lowest BCUT2D eigenvalue weighted by Gasteiger charge is -2.12. The molecule has 0 aliphatic rings. The minimum Gasteiger partial charge on any atom is -0.497 e. The van der Waals surface area contributed by atoms with Crippen LogP contribution < -0.4 is 14.8 Å². The van der Waals surface area contributed by atoms with Crippen molar-refractivity contribution in [3.05, 3.63) is 29.3 Å². The largest absolute Gasteiger partial charge is 0.497 e. The van der Waals surface area contributed by atoms with Gasteiger partial charge in [-0.1, -0.05) is 32.4 Å². The molecule has 0 unspecified atom stereocenters. The van der Waals surface area contributed by atoms with Gasteiger partial charge in [0, 0.05) is 24.2 Å². The Labute approximate surface area is 116 Å². The summed E-state index contributed by atoms with van der Waals surface area (Å²) < 4.78 is 10.6. The summed E-state index contributed by atoms with van der Waals surface area (Å²) >= 11 is 0. The fourth-order valence-electron chi connectivity index (χ4n) is 1.77. The van der Waals surface area contributed by atoms with Crippen LogP contribution in [0.15, 0.2) is 23.8 Å². The minimum atomic E-state index is 0.493. The normalized spacial score (nSPS) is 11.8. The van der Waals surface area contributed by atoms with Crippen molar-refractivity contribution < 1.29 is 9.47 Å². The zero-order valence-corrected chi connectivity index (χ0v) is 12.6. The lowest BCUT2D eigenvalue weighted by Crippen LogP contribution is -2.24. The molecule has 106 valence electrons. The number of hydrogen-bond acceptors (Lipinski definition) is 3. The first-order chi connectivity index (χ1) is 9.10. The molecular weight excluding hydrogens is 238 g/mol. The fraction of sp³-hybridized carbons (Fsp3) is 0.500. The van der Waals surface area contributed by atoms with Crippen molar-refractivity contribution in [2.24, 2.45) is 0 Å². The van der Waals surface area contributed by atoms with Crippen molar-refractivity contribution in [2.45, 2.75) is 33.2 Å². The SMILES string of the molecule is CCC(=Cc1ccc(OC)cc1OC)CNC(C)C. The van der Waals surface area contributed by atoms with Crippen LogP contribution in [0.4, 0.5) is 0 Å². The highest BCUT2D eigenvalue weighted by atomic mass is 16.5. The predicted molar refractivity (Wildman–Crippen MR) is 81.0 cm³/mol. The summed E-state index contributed by atoms with van der Waals surface area (Å²) in [4.78, 5) is 0. The quantitative estimate of drug-likeness (QED) is 0.816. The number of nitrogens with one attached hydrogen (secondary N) is 1. The number of hydrogen-bond donors (Lipinski definition) is 1. The van der Waals surface area contributed by atoms with E-state index < -0.39 is 0 Å². The molecule has 0 atom stereocenters. The second-order valence-electron chi connectivity index (χ2n) is 4.80. The molecule has 3 heteroatoms. The number of ether oxygens (including phenoxy) is 2. The van der Waals surface area contributed by atoms with E-state index in [1.807, 2.05) is 18.2 Å². The predicted octanol–water partition coefficient (Wildman–Crippen LogP) is 3.50. The van der Waals surface area contributed by atoms with E-state index in [0.29, 0.717) is 6.04 Å². The molecule has 19 heavy (non-hydrogen) atoms. The third-order valence-corrected chi connectivity index (χ3v) is 2.99. The van der Waals surface area contributed by atoms with Gasteiger partial charge in [-0.05, 0) is 18.6 Å². The van der Waals surface area contributed by atoms with Gasteiger partial charge in [0.1, 0.15) is 11.5 Å². The van der Waals surface area contributed by atoms with Gasteiger partial charge in [-0.2, -0.15) is 0 Å². The third kappa shape index (κ3) is 4.95. The summed E-state index contributed by atoms with van der Waals surface area (Å²) in [7, 11) is 3.35. The van der Waals surface area contributed by atoms with Gasteiger partial charge < -0.3 is 14.8 Å². The maximum Gasteiger partial charge on any atom is 0.129 e. The van der Waals surface area contributed by atoms with Crippen LogP contribution in [0.3, 0.4) is 0 Å². The van der Waals surface area contributed by atoms with Crippen molar-refractivity contribution in [1.82, 2.24) is 5.32 Å². The summed E-state index contributed by atoms with van der Waals surface area (Å²) in [5, 5.41) is 3.44. The monoisotopic (exact) mass is 263 g/mol. The highest BCUT2D eigenvalue weighted by Crippen LogP contribution is 2.26. The van der Waals surface area contributed by atoms with Crippen molar-refractivity contribution in [3.8, 4) is 11.5 Å². The maximum atomic E-state index is 5.41. The Balaban J connectivity index is 2.93. The molecule has 0 radical (unpaired) electrons. The van der Waals surface area contributed by atoms with Gasteiger partial charge in [0.15, 0.2) is 0 Å². The molecule has 1 aromatic rings. The van der Waals surface area contributed by atoms with E-state index >= 15 is 0 Å². The Hall–Kier alpha value is -1.48. The molecule has 1 aromatic carbocycles. The summed E-state index contributed by atoms with van der Waals surface area (Å²) in [6, 6.07) is 6.39. The van der Waals surface area contributed by atoms with Crippen LogP contribution >= 0.6 is 0 Å². The first kappa shape index (κ1) is 15.6. The lowest BCUT2D eigenvalue weighted by atomic mass is 10.1. The van der Waals surface area contributed by atoms with Crippen LogP contribution in [0.2, 0.25) is 0 Å². The lowest BCUT2D eigenvalue weighted by molar-refractivity contribution is 0.393. The Morgan fingerprint density at radius 1 is 1.26 bits per heavy atom. The number of rotatable bonds is 7. The van der Waals surface area contributed by atoms with E-state index in [1.54, 1.807) is 14.2 Å². The molecule has 0 saturated carbocycles. The van der Waals surface area contributed by atoms with Gasteiger partial charge in [0.2, 0.25) is 0 Å². The van der Waals surface area contributed by atoms with Crippen LogP contribution in [0, 0.1) is 0 Å². The van der Waals surface area contributed by atoms with Crippen LogP contribution in [0.1, 0.15) is 32.8 Å². The summed E-state index contributed by atoms with van der Waals surface area (Å²) in [5.74, 6) is 1.65. The zero-order valence-electron chi connectivity index (χ0n) is 12.6. The zero-order chi connectivity index (χ0) is 14.3. The smallest absolute Gasteiger partial charge is 0.129 e. The Bertz CT molecular complexity index is 425. The van der Waals surface area contributed by atoms with Gasteiger partial charge in [0.05, 0.1) is 14.2 Å². The van der Waals surface area contributed by atoms with Crippen molar-refractivity contribution in [2.75, 3.05) is 20.8 Å². The number of benzene rings is 1. The Kier molecular flexibility index (Phi) is 6.43. The van der Waals surface area contributed by atoms with E-state index in [-0.39, 0.29) is 0 Å². The minimum absolute atomic E-state index is 0.493. The van der Waals surface area contributed by atoms with E-state index in [1.165, 1.54) is 5.57 Å². The Morgan fingerprint density at radius 2 is 2.00 bits per heavy atom. The maximum absolute atomic E-state index is 5.41. The molecular formula is C16H25NO2. The molecule has 0 spiro atoms. The van der Waals surface area contributed by atoms with Gasteiger partial charge in [0.25, 0.3) is 0 Å². The second-order valence-corrected chi connectivity index (χ2v) is 4.80. The Morgan fingerprint density at radius 3 is 2.53 bits per heavy atom. The van der Waals surface area contributed by atoms with Crippen LogP contribution in [0.5, 0.6) is 11.5 Å². The molecule has 0 bridgehead atoms. The van der Waals surface area contributed by atoms with Gasteiger partial charge in [-0.25, -0.2) is 0 Å². The molecule has 0 aliphatic carbocycles. The van der Waals surface area contributed by atoms with E-state index in [2.05, 4.69) is 32.2 Å². The molecule has 1 N–H and O–H groups in total. The number of methoxy groups -OCH3 is 2. The molecule has 0 heterocycles. The molecule has 0 aromatic heterocycles. The molecule has 1 rings (SSSR count). The summed E-state index contributed by atoms with van der Waals surface area (Å²) in [6.07, 6.45) is 3.21. The van der Waals surface area contributed by atoms with E-state index in [9.17, 15) is 0 Å². The molecule has 3 nitrogen and oxygen atoms in total. The first-order valence-corrected chi connectivity index (χ1v) is 6.75. The highest BCUT2D eigenvalue weighted by Gasteiger charge is 2.04. The van der Waals surface area contributed by atoms with Crippen molar-refractivity contribution >= 4 is 6.08 Å². The van der Waals surface area contributed by atoms with Gasteiger partial charge in [-0.15, -0.1) is 0 Å². The topological polar surface area (TPSA) is 30.5 Å². The fourth-order valence-corrected chi connectivity index (χ4v) is 1.77. The summed E-state index contributed by atoms with van der Waals surface area (Å²) in [6.45, 7) is 7.38. The average molecular weight is 263 g/mol. The van der Waals surface area contributed by atoms with Crippen LogP contribution in [-0.4, -0.2) is 26.8 Å². The van der Waals surface area contributed by atoms with Crippen molar-refractivity contribution in [1.29, 1.82) is 0 Å². The molecule has 0 amide bonds. The van der Waals surface area contributed by atoms with Crippen molar-refractivity contribution in [3.63, 3.8) is 0 Å². The first-order valence-electron chi connectivity index (χ1n) is 6.75. The average Bonchev–Trinajstić information content (AvgIpc) is 2.43. The summed E-state index contributed by atoms with van der Waals surface area (Å²) in [5.41, 5.74) is 2.45. The van der Waals surface area contributed by atoms with Gasteiger partial charge in [-0.3, -0.25) is 0 Å². The van der Waals surface area contributed by atoms with E-state index in [4.69, 9.17) is 9.47 Å². The van der Waals surface area contributed by atoms with Crippen LogP contribution in [0.25, 0.3) is 6.08 Å². The van der Waals surface area contributed by atoms with Gasteiger partial charge >= 0.3 is 0 Å². The molecule has 0 aliphatic heterocycles. The van der Waals surface area contributed by atoms with Crippen LogP contribution in [-0.2, 0) is 0 Å².